The molecule has 9 heteroatoms. The predicted octanol–water partition coefficient (Wildman–Crippen LogP) is 0.778. The van der Waals surface area contributed by atoms with Gasteiger partial charge in [0.25, 0.3) is 11.8 Å². The lowest BCUT2D eigenvalue weighted by atomic mass is 10.1. The number of hydrogen-bond acceptors (Lipinski definition) is 6. The molecule has 0 bridgehead atoms. The number of carbonyl (C=O) groups is 3. The van der Waals surface area contributed by atoms with Crippen molar-refractivity contribution in [2.24, 2.45) is 10.8 Å². The highest BCUT2D eigenvalue weighted by Crippen LogP contribution is 2.24. The highest BCUT2D eigenvalue weighted by Gasteiger charge is 2.35. The van der Waals surface area contributed by atoms with Crippen molar-refractivity contribution in [3.63, 3.8) is 0 Å². The molecule has 140 valence electrons. The van der Waals surface area contributed by atoms with Gasteiger partial charge in [0.15, 0.2) is 0 Å². The molecule has 1 atom stereocenters. The summed E-state index contributed by atoms with van der Waals surface area (Å²) in [6.45, 7) is 3.37. The number of rotatable bonds is 4. The molecule has 0 saturated carbocycles. The maximum Gasteiger partial charge on any atom is 0.285 e. The van der Waals surface area contributed by atoms with Gasteiger partial charge in [-0.25, -0.2) is 0 Å². The van der Waals surface area contributed by atoms with E-state index < -0.39 is 23.8 Å². The number of hydrogen-bond donors (Lipinski definition) is 3. The SMILES string of the molecule is Cc1cc(C(=O)NNC(=O)C2=NN(c3ccccc3)C(C(N)=O)C2)c(C)o1. The predicted molar refractivity (Wildman–Crippen MR) is 97.7 cm³/mol. The lowest BCUT2D eigenvalue weighted by Gasteiger charge is -2.20. The Morgan fingerprint density at radius 2 is 1.81 bits per heavy atom. The summed E-state index contributed by atoms with van der Waals surface area (Å²) in [7, 11) is 0. The van der Waals surface area contributed by atoms with Gasteiger partial charge in [-0.05, 0) is 32.0 Å². The molecule has 3 rings (SSSR count). The van der Waals surface area contributed by atoms with Crippen molar-refractivity contribution >= 4 is 29.1 Å². The number of aryl methyl sites for hydroxylation is 2. The molecule has 0 fully saturated rings. The van der Waals surface area contributed by atoms with Gasteiger partial charge < -0.3 is 10.2 Å². The van der Waals surface area contributed by atoms with Crippen LogP contribution >= 0.6 is 0 Å². The van der Waals surface area contributed by atoms with E-state index in [0.717, 1.165) is 0 Å². The van der Waals surface area contributed by atoms with Crippen molar-refractivity contribution in [1.82, 2.24) is 10.9 Å². The first-order valence-electron chi connectivity index (χ1n) is 8.25. The summed E-state index contributed by atoms with van der Waals surface area (Å²) in [5, 5.41) is 5.61. The minimum Gasteiger partial charge on any atom is -0.466 e. The quantitative estimate of drug-likeness (QED) is 0.686. The van der Waals surface area contributed by atoms with Crippen LogP contribution < -0.4 is 21.6 Å². The number of nitrogens with two attached hydrogens (primary N) is 1. The molecule has 27 heavy (non-hydrogen) atoms. The first-order valence-corrected chi connectivity index (χ1v) is 8.25. The molecule has 1 aliphatic heterocycles. The zero-order valence-corrected chi connectivity index (χ0v) is 14.9. The molecule has 0 saturated heterocycles. The lowest BCUT2D eigenvalue weighted by Crippen LogP contribution is -2.45. The van der Waals surface area contributed by atoms with Gasteiger partial charge in [-0.15, -0.1) is 0 Å². The molecule has 1 aliphatic rings. The van der Waals surface area contributed by atoms with Crippen molar-refractivity contribution in [1.29, 1.82) is 0 Å². The minimum atomic E-state index is -0.775. The van der Waals surface area contributed by atoms with Gasteiger partial charge in [0.1, 0.15) is 23.3 Å². The van der Waals surface area contributed by atoms with Gasteiger partial charge in [0.05, 0.1) is 11.3 Å². The summed E-state index contributed by atoms with van der Waals surface area (Å²) >= 11 is 0. The Morgan fingerprint density at radius 1 is 1.15 bits per heavy atom. The van der Waals surface area contributed by atoms with Crippen LogP contribution in [0, 0.1) is 13.8 Å². The molecule has 1 unspecified atom stereocenters. The standard InChI is InChI=1S/C18H19N5O4/c1-10-8-13(11(2)27-10)17(25)20-21-18(26)14-9-15(16(19)24)23(22-14)12-6-4-3-5-7-12/h3-8,15H,9H2,1-2H3,(H2,19,24)(H,20,25)(H,21,26). The second-order valence-corrected chi connectivity index (χ2v) is 6.08. The summed E-state index contributed by atoms with van der Waals surface area (Å²) in [5.41, 5.74) is 11.1. The molecule has 3 amide bonds. The molecule has 1 aromatic heterocycles. The van der Waals surface area contributed by atoms with Gasteiger partial charge in [-0.2, -0.15) is 5.10 Å². The second-order valence-electron chi connectivity index (χ2n) is 6.08. The third-order valence-corrected chi connectivity index (χ3v) is 4.10. The van der Waals surface area contributed by atoms with Crippen LogP contribution in [0.15, 0.2) is 45.9 Å². The highest BCUT2D eigenvalue weighted by molar-refractivity contribution is 6.40. The molecular formula is C18H19N5O4. The Balaban J connectivity index is 1.70. The van der Waals surface area contributed by atoms with Crippen LogP contribution in [-0.2, 0) is 9.59 Å². The molecular weight excluding hydrogens is 350 g/mol. The molecule has 0 spiro atoms. The zero-order valence-electron chi connectivity index (χ0n) is 14.9. The maximum absolute atomic E-state index is 12.4. The van der Waals surface area contributed by atoms with Crippen molar-refractivity contribution in [2.45, 2.75) is 26.3 Å². The highest BCUT2D eigenvalue weighted by atomic mass is 16.3. The number of carbonyl (C=O) groups excluding carboxylic acids is 3. The Hall–Kier alpha value is -3.62. The molecule has 2 heterocycles. The number of anilines is 1. The number of primary amides is 1. The maximum atomic E-state index is 12.4. The summed E-state index contributed by atoms with van der Waals surface area (Å²) < 4.78 is 5.29. The number of nitrogens with one attached hydrogen (secondary N) is 2. The van der Waals surface area contributed by atoms with Crippen molar-refractivity contribution in [3.8, 4) is 0 Å². The molecule has 4 N–H and O–H groups in total. The van der Waals surface area contributed by atoms with Crippen molar-refractivity contribution in [3.05, 3.63) is 53.5 Å². The van der Waals surface area contributed by atoms with E-state index in [1.165, 1.54) is 5.01 Å². The first kappa shape index (κ1) is 18.2. The van der Waals surface area contributed by atoms with Gasteiger partial charge in [-0.1, -0.05) is 18.2 Å². The van der Waals surface area contributed by atoms with Crippen LogP contribution in [-0.4, -0.2) is 29.5 Å². The number of hydrazine groups is 1. The number of amides is 3. The Bertz CT molecular complexity index is 919. The van der Waals surface area contributed by atoms with E-state index in [0.29, 0.717) is 22.8 Å². The summed E-state index contributed by atoms with van der Waals surface area (Å²) in [4.78, 5) is 36.2. The largest absolute Gasteiger partial charge is 0.466 e. The minimum absolute atomic E-state index is 0.0375. The molecule has 2 aromatic rings. The topological polar surface area (TPSA) is 130 Å². The van der Waals surface area contributed by atoms with E-state index in [-0.39, 0.29) is 12.1 Å². The molecule has 9 nitrogen and oxygen atoms in total. The average Bonchev–Trinajstić information content (AvgIpc) is 3.23. The van der Waals surface area contributed by atoms with Gasteiger partial charge in [0.2, 0.25) is 5.91 Å². The Labute approximate surface area is 155 Å². The van der Waals surface area contributed by atoms with E-state index >= 15 is 0 Å². The van der Waals surface area contributed by atoms with Crippen LogP contribution in [0.2, 0.25) is 0 Å². The second kappa shape index (κ2) is 7.32. The van der Waals surface area contributed by atoms with E-state index in [9.17, 15) is 14.4 Å². The van der Waals surface area contributed by atoms with Crippen molar-refractivity contribution < 1.29 is 18.8 Å². The lowest BCUT2D eigenvalue weighted by molar-refractivity contribution is -0.119. The van der Waals surface area contributed by atoms with Crippen LogP contribution in [0.1, 0.15) is 28.3 Å². The Kier molecular flexibility index (Phi) is 4.93. The fraction of sp³-hybridized carbons (Fsp3) is 0.222. The molecule has 0 radical (unpaired) electrons. The fourth-order valence-corrected chi connectivity index (χ4v) is 2.80. The molecule has 1 aromatic carbocycles. The van der Waals surface area contributed by atoms with E-state index in [1.807, 2.05) is 6.07 Å². The summed E-state index contributed by atoms with van der Waals surface area (Å²) in [6.07, 6.45) is 0.0375. The van der Waals surface area contributed by atoms with E-state index in [2.05, 4.69) is 16.0 Å². The third kappa shape index (κ3) is 3.81. The van der Waals surface area contributed by atoms with Crippen LogP contribution in [0.3, 0.4) is 0 Å². The number of furan rings is 1. The molecule has 0 aliphatic carbocycles. The number of para-hydroxylation sites is 1. The number of hydrazone groups is 1. The van der Waals surface area contributed by atoms with E-state index in [1.54, 1.807) is 44.2 Å². The van der Waals surface area contributed by atoms with Crippen molar-refractivity contribution in [2.75, 3.05) is 5.01 Å². The van der Waals surface area contributed by atoms with Gasteiger partial charge >= 0.3 is 0 Å². The zero-order chi connectivity index (χ0) is 19.6. The van der Waals surface area contributed by atoms with E-state index in [4.69, 9.17) is 10.2 Å². The van der Waals surface area contributed by atoms with Crippen LogP contribution in [0.5, 0.6) is 0 Å². The monoisotopic (exact) mass is 369 g/mol. The summed E-state index contributed by atoms with van der Waals surface area (Å²) in [5.74, 6) is -0.694. The smallest absolute Gasteiger partial charge is 0.285 e. The third-order valence-electron chi connectivity index (χ3n) is 4.10. The van der Waals surface area contributed by atoms with Gasteiger partial charge in [0, 0.05) is 6.42 Å². The normalized spacial score (nSPS) is 16.0. The number of benzene rings is 1. The fourth-order valence-electron chi connectivity index (χ4n) is 2.80. The Morgan fingerprint density at radius 3 is 2.41 bits per heavy atom. The summed E-state index contributed by atoms with van der Waals surface area (Å²) in [6, 6.07) is 9.71. The average molecular weight is 369 g/mol. The van der Waals surface area contributed by atoms with Gasteiger partial charge in [-0.3, -0.25) is 30.2 Å². The van der Waals surface area contributed by atoms with Crippen LogP contribution in [0.25, 0.3) is 0 Å². The number of nitrogens with zero attached hydrogens (tertiary/aromatic N) is 2. The van der Waals surface area contributed by atoms with Crippen LogP contribution in [0.4, 0.5) is 5.69 Å². The first-order chi connectivity index (χ1) is 12.9.